The zero-order valence-corrected chi connectivity index (χ0v) is 9.44. The van der Waals surface area contributed by atoms with Crippen LogP contribution in [0.15, 0.2) is 11.2 Å². The van der Waals surface area contributed by atoms with Gasteiger partial charge in [-0.25, -0.2) is 0 Å². The Bertz CT molecular complexity index is 356. The molecule has 3 N–H and O–H groups in total. The maximum Gasteiger partial charge on any atom is 0.141 e. The van der Waals surface area contributed by atoms with Crippen molar-refractivity contribution in [1.82, 2.24) is 9.78 Å². The molecule has 5 heteroatoms. The van der Waals surface area contributed by atoms with Crippen LogP contribution in [0.1, 0.15) is 37.2 Å². The molecule has 0 saturated heterocycles. The van der Waals surface area contributed by atoms with Gasteiger partial charge in [-0.15, -0.1) is 0 Å². The molecule has 1 unspecified atom stereocenters. The molecule has 0 bridgehead atoms. The summed E-state index contributed by atoms with van der Waals surface area (Å²) in [5, 5.41) is 15.9. The Morgan fingerprint density at radius 3 is 2.73 bits per heavy atom. The summed E-state index contributed by atoms with van der Waals surface area (Å²) in [6.45, 7) is 6.03. The lowest BCUT2D eigenvalue weighted by atomic mass is 10.1. The van der Waals surface area contributed by atoms with E-state index in [1.165, 1.54) is 0 Å². The van der Waals surface area contributed by atoms with Crippen LogP contribution >= 0.6 is 0 Å². The molecule has 1 atom stereocenters. The molecule has 1 rings (SSSR count). The SMILES string of the molecule is CCC(C/C(N)=N/O)n1nc(C)cc1C. The van der Waals surface area contributed by atoms with Gasteiger partial charge >= 0.3 is 0 Å². The van der Waals surface area contributed by atoms with Crippen molar-refractivity contribution in [2.24, 2.45) is 10.9 Å². The van der Waals surface area contributed by atoms with Crippen LogP contribution in [-0.4, -0.2) is 20.8 Å². The summed E-state index contributed by atoms with van der Waals surface area (Å²) in [5.41, 5.74) is 7.60. The smallest absolute Gasteiger partial charge is 0.141 e. The van der Waals surface area contributed by atoms with Crippen LogP contribution in [-0.2, 0) is 0 Å². The number of nitrogens with zero attached hydrogens (tertiary/aromatic N) is 3. The van der Waals surface area contributed by atoms with Gasteiger partial charge in [0.2, 0.25) is 0 Å². The third-order valence-electron chi connectivity index (χ3n) is 2.43. The number of aromatic nitrogens is 2. The number of hydrogen-bond donors (Lipinski definition) is 2. The Kier molecular flexibility index (Phi) is 3.71. The molecule has 0 spiro atoms. The lowest BCUT2D eigenvalue weighted by Crippen LogP contribution is -2.21. The first-order valence-corrected chi connectivity index (χ1v) is 5.07. The summed E-state index contributed by atoms with van der Waals surface area (Å²) >= 11 is 0. The summed E-state index contributed by atoms with van der Waals surface area (Å²) in [5.74, 6) is 0.245. The first-order valence-electron chi connectivity index (χ1n) is 5.07. The largest absolute Gasteiger partial charge is 0.409 e. The second-order valence-electron chi connectivity index (χ2n) is 3.73. The van der Waals surface area contributed by atoms with Crippen LogP contribution in [0.5, 0.6) is 0 Å². The van der Waals surface area contributed by atoms with Crippen molar-refractivity contribution in [3.63, 3.8) is 0 Å². The Balaban J connectivity index is 2.87. The molecule has 0 saturated carbocycles. The molecule has 15 heavy (non-hydrogen) atoms. The summed E-state index contributed by atoms with van der Waals surface area (Å²) in [4.78, 5) is 0. The van der Waals surface area contributed by atoms with E-state index in [1.54, 1.807) is 0 Å². The van der Waals surface area contributed by atoms with Gasteiger partial charge in [-0.3, -0.25) is 4.68 Å². The van der Waals surface area contributed by atoms with Gasteiger partial charge in [0.1, 0.15) is 5.84 Å². The Labute approximate surface area is 89.6 Å². The average molecular weight is 210 g/mol. The van der Waals surface area contributed by atoms with Gasteiger partial charge in [0.05, 0.1) is 11.7 Å². The van der Waals surface area contributed by atoms with Gasteiger partial charge in [0.25, 0.3) is 0 Å². The van der Waals surface area contributed by atoms with E-state index < -0.39 is 0 Å². The molecular formula is C10H18N4O. The summed E-state index contributed by atoms with van der Waals surface area (Å²) in [7, 11) is 0. The van der Waals surface area contributed by atoms with Gasteiger partial charge in [-0.05, 0) is 26.3 Å². The predicted octanol–water partition coefficient (Wildman–Crippen LogP) is 1.59. The summed E-state index contributed by atoms with van der Waals surface area (Å²) in [6.07, 6.45) is 1.42. The summed E-state index contributed by atoms with van der Waals surface area (Å²) < 4.78 is 1.94. The van der Waals surface area contributed by atoms with E-state index in [4.69, 9.17) is 10.9 Å². The van der Waals surface area contributed by atoms with Crippen molar-refractivity contribution in [3.05, 3.63) is 17.5 Å². The van der Waals surface area contributed by atoms with Crippen molar-refractivity contribution in [2.45, 2.75) is 39.7 Å². The van der Waals surface area contributed by atoms with Crippen molar-refractivity contribution in [1.29, 1.82) is 0 Å². The first-order chi connectivity index (χ1) is 7.08. The van der Waals surface area contributed by atoms with Crippen LogP contribution in [0.4, 0.5) is 0 Å². The fourth-order valence-corrected chi connectivity index (χ4v) is 1.70. The monoisotopic (exact) mass is 210 g/mol. The van der Waals surface area contributed by atoms with E-state index in [2.05, 4.69) is 17.2 Å². The first kappa shape index (κ1) is 11.6. The molecule has 1 aromatic heterocycles. The molecule has 0 amide bonds. The minimum absolute atomic E-state index is 0.162. The minimum atomic E-state index is 0.162. The third-order valence-corrected chi connectivity index (χ3v) is 2.43. The molecule has 1 aromatic rings. The van der Waals surface area contributed by atoms with Crippen LogP contribution in [0.3, 0.4) is 0 Å². The number of aryl methyl sites for hydroxylation is 2. The minimum Gasteiger partial charge on any atom is -0.409 e. The normalized spacial score (nSPS) is 14.2. The average Bonchev–Trinajstić information content (AvgIpc) is 2.54. The number of amidine groups is 1. The third kappa shape index (κ3) is 2.71. The fraction of sp³-hybridized carbons (Fsp3) is 0.600. The topological polar surface area (TPSA) is 76.4 Å². The Morgan fingerprint density at radius 1 is 1.67 bits per heavy atom. The van der Waals surface area contributed by atoms with Crippen LogP contribution in [0.25, 0.3) is 0 Å². The lowest BCUT2D eigenvalue weighted by Gasteiger charge is -2.16. The quantitative estimate of drug-likeness (QED) is 0.343. The molecule has 0 aliphatic heterocycles. The van der Waals surface area contributed by atoms with Gasteiger partial charge in [0.15, 0.2) is 0 Å². The van der Waals surface area contributed by atoms with Crippen LogP contribution in [0.2, 0.25) is 0 Å². The van der Waals surface area contributed by atoms with Crippen LogP contribution in [0, 0.1) is 13.8 Å². The van der Waals surface area contributed by atoms with Gasteiger partial charge in [0, 0.05) is 12.1 Å². The van der Waals surface area contributed by atoms with E-state index in [9.17, 15) is 0 Å². The molecular weight excluding hydrogens is 192 g/mol. The van der Waals surface area contributed by atoms with Crippen molar-refractivity contribution in [2.75, 3.05) is 0 Å². The van der Waals surface area contributed by atoms with Gasteiger partial charge in [-0.2, -0.15) is 5.10 Å². The highest BCUT2D eigenvalue weighted by Crippen LogP contribution is 2.18. The zero-order chi connectivity index (χ0) is 11.4. The van der Waals surface area contributed by atoms with Crippen LogP contribution < -0.4 is 5.73 Å². The number of oxime groups is 1. The highest BCUT2D eigenvalue weighted by atomic mass is 16.4. The van der Waals surface area contributed by atoms with Crippen molar-refractivity contribution < 1.29 is 5.21 Å². The molecule has 0 fully saturated rings. The highest BCUT2D eigenvalue weighted by molar-refractivity contribution is 5.79. The van der Waals surface area contributed by atoms with E-state index >= 15 is 0 Å². The van der Waals surface area contributed by atoms with E-state index in [-0.39, 0.29) is 11.9 Å². The van der Waals surface area contributed by atoms with E-state index in [0.29, 0.717) is 6.42 Å². The zero-order valence-electron chi connectivity index (χ0n) is 9.44. The number of nitrogens with two attached hydrogens (primary N) is 1. The lowest BCUT2D eigenvalue weighted by molar-refractivity contribution is 0.314. The second kappa shape index (κ2) is 4.82. The number of hydrogen-bond acceptors (Lipinski definition) is 3. The highest BCUT2D eigenvalue weighted by Gasteiger charge is 2.14. The maximum absolute atomic E-state index is 8.53. The van der Waals surface area contributed by atoms with Gasteiger partial charge < -0.3 is 10.9 Å². The Hall–Kier alpha value is -1.52. The molecule has 5 nitrogen and oxygen atoms in total. The molecule has 84 valence electrons. The predicted molar refractivity (Wildman–Crippen MR) is 59.1 cm³/mol. The van der Waals surface area contributed by atoms with E-state index in [0.717, 1.165) is 17.8 Å². The standard InChI is InChI=1S/C10H18N4O/c1-4-9(6-10(11)13-15)14-8(3)5-7(2)12-14/h5,9,15H,4,6H2,1-3H3,(H2,11,13). The molecule has 0 radical (unpaired) electrons. The summed E-state index contributed by atoms with van der Waals surface area (Å²) in [6, 6.07) is 2.18. The number of rotatable bonds is 4. The molecule has 0 aromatic carbocycles. The van der Waals surface area contributed by atoms with Crippen molar-refractivity contribution >= 4 is 5.84 Å². The van der Waals surface area contributed by atoms with Crippen molar-refractivity contribution in [3.8, 4) is 0 Å². The Morgan fingerprint density at radius 2 is 2.33 bits per heavy atom. The van der Waals surface area contributed by atoms with Gasteiger partial charge in [-0.1, -0.05) is 12.1 Å². The second-order valence-corrected chi connectivity index (χ2v) is 3.73. The molecule has 1 heterocycles. The fourth-order valence-electron chi connectivity index (χ4n) is 1.70. The molecule has 0 aliphatic rings. The maximum atomic E-state index is 8.53. The molecule has 0 aliphatic carbocycles. The van der Waals surface area contributed by atoms with E-state index in [1.807, 2.05) is 24.6 Å².